The lowest BCUT2D eigenvalue weighted by Gasteiger charge is -2.27. The maximum absolute atomic E-state index is 11.1. The van der Waals surface area contributed by atoms with Crippen molar-refractivity contribution in [1.82, 2.24) is 19.7 Å². The predicted octanol–water partition coefficient (Wildman–Crippen LogP) is 3.57. The Kier molecular flexibility index (Phi) is 4.92. The van der Waals surface area contributed by atoms with Crippen LogP contribution in [0.3, 0.4) is 0 Å². The zero-order valence-corrected chi connectivity index (χ0v) is 15.8. The van der Waals surface area contributed by atoms with E-state index in [0.717, 1.165) is 49.1 Å². The molecule has 0 spiro atoms. The van der Waals surface area contributed by atoms with E-state index in [4.69, 9.17) is 11.6 Å². The highest BCUT2D eigenvalue weighted by Crippen LogP contribution is 2.24. The minimum atomic E-state index is -0.0605. The van der Waals surface area contributed by atoms with E-state index in [9.17, 15) is 4.79 Å². The summed E-state index contributed by atoms with van der Waals surface area (Å²) in [5.41, 5.74) is 3.05. The minimum Gasteiger partial charge on any atom is -0.326 e. The maximum Gasteiger partial charge on any atom is 0.221 e. The molecular formula is C20H20ClN5O. The average molecular weight is 382 g/mol. The first-order valence-electron chi connectivity index (χ1n) is 8.85. The van der Waals surface area contributed by atoms with Crippen LogP contribution in [0.15, 0.2) is 48.5 Å². The van der Waals surface area contributed by atoms with E-state index in [0.29, 0.717) is 5.02 Å². The van der Waals surface area contributed by atoms with Crippen molar-refractivity contribution in [1.29, 1.82) is 0 Å². The Balaban J connectivity index is 1.44. The van der Waals surface area contributed by atoms with E-state index >= 15 is 0 Å². The molecule has 3 aromatic rings. The quantitative estimate of drug-likeness (QED) is 0.750. The molecule has 2 aromatic carbocycles. The van der Waals surface area contributed by atoms with Gasteiger partial charge in [0.25, 0.3) is 0 Å². The molecule has 1 N–H and O–H groups in total. The lowest BCUT2D eigenvalue weighted by molar-refractivity contribution is -0.114. The van der Waals surface area contributed by atoms with Gasteiger partial charge in [0.1, 0.15) is 5.82 Å². The highest BCUT2D eigenvalue weighted by atomic mass is 35.5. The van der Waals surface area contributed by atoms with Crippen LogP contribution in [0, 0.1) is 0 Å². The third-order valence-corrected chi connectivity index (χ3v) is 4.87. The summed E-state index contributed by atoms with van der Waals surface area (Å²) in [5, 5.41) is 12.3. The molecule has 0 atom stereocenters. The zero-order chi connectivity index (χ0) is 18.8. The molecule has 0 radical (unpaired) electrons. The summed E-state index contributed by atoms with van der Waals surface area (Å²) in [6.45, 7) is 4.89. The molecule has 6 nitrogen and oxygen atoms in total. The molecule has 1 aliphatic heterocycles. The van der Waals surface area contributed by atoms with Gasteiger partial charge < -0.3 is 9.88 Å². The Morgan fingerprint density at radius 1 is 1.07 bits per heavy atom. The first-order chi connectivity index (χ1) is 13.1. The van der Waals surface area contributed by atoms with E-state index in [1.54, 1.807) is 0 Å². The molecule has 0 fully saturated rings. The van der Waals surface area contributed by atoms with Crippen LogP contribution in [0.4, 0.5) is 5.69 Å². The number of hydrogen-bond acceptors (Lipinski definition) is 4. The van der Waals surface area contributed by atoms with Gasteiger partial charge in [-0.2, -0.15) is 0 Å². The number of nitrogens with one attached hydrogen (secondary N) is 1. The van der Waals surface area contributed by atoms with Gasteiger partial charge >= 0.3 is 0 Å². The molecule has 0 saturated heterocycles. The number of halogens is 1. The number of amides is 1. The number of benzene rings is 2. The molecule has 7 heteroatoms. The van der Waals surface area contributed by atoms with Gasteiger partial charge in [0.05, 0.1) is 6.54 Å². The van der Waals surface area contributed by atoms with Gasteiger partial charge in [-0.25, -0.2) is 0 Å². The van der Waals surface area contributed by atoms with Gasteiger partial charge in [-0.15, -0.1) is 10.2 Å². The topological polar surface area (TPSA) is 63.1 Å². The van der Waals surface area contributed by atoms with Crippen molar-refractivity contribution in [3.8, 4) is 11.4 Å². The van der Waals surface area contributed by atoms with Gasteiger partial charge in [0.2, 0.25) is 5.91 Å². The average Bonchev–Trinajstić information content (AvgIpc) is 3.07. The zero-order valence-electron chi connectivity index (χ0n) is 15.0. The number of nitrogens with zero attached hydrogens (tertiary/aromatic N) is 4. The monoisotopic (exact) mass is 381 g/mol. The van der Waals surface area contributed by atoms with Gasteiger partial charge in [-0.1, -0.05) is 23.7 Å². The molecule has 0 unspecified atom stereocenters. The third kappa shape index (κ3) is 4.02. The van der Waals surface area contributed by atoms with Crippen molar-refractivity contribution in [2.75, 3.05) is 11.9 Å². The van der Waals surface area contributed by atoms with Crippen LogP contribution in [0.1, 0.15) is 18.3 Å². The molecule has 1 aliphatic rings. The fraction of sp³-hybridized carbons (Fsp3) is 0.250. The number of anilines is 1. The molecule has 27 heavy (non-hydrogen) atoms. The Hall–Kier alpha value is -2.70. The van der Waals surface area contributed by atoms with E-state index in [-0.39, 0.29) is 5.91 Å². The summed E-state index contributed by atoms with van der Waals surface area (Å²) < 4.78 is 2.18. The first-order valence-corrected chi connectivity index (χ1v) is 9.23. The third-order valence-electron chi connectivity index (χ3n) is 4.62. The van der Waals surface area contributed by atoms with Crippen LogP contribution in [-0.4, -0.2) is 32.1 Å². The fourth-order valence-electron chi connectivity index (χ4n) is 3.31. The maximum atomic E-state index is 11.1. The smallest absolute Gasteiger partial charge is 0.221 e. The summed E-state index contributed by atoms with van der Waals surface area (Å²) in [7, 11) is 0. The van der Waals surface area contributed by atoms with E-state index in [1.165, 1.54) is 12.5 Å². The standard InChI is InChI=1S/C20H20ClN5O/c1-14(27)22-18-8-2-15(3-9-18)12-25-10-11-26-19(13-25)23-24-20(26)16-4-6-17(21)7-5-16/h2-9H,10-13H2,1H3,(H,22,27). The lowest BCUT2D eigenvalue weighted by atomic mass is 10.1. The highest BCUT2D eigenvalue weighted by Gasteiger charge is 2.21. The second kappa shape index (κ2) is 7.50. The van der Waals surface area contributed by atoms with Crippen molar-refractivity contribution >= 4 is 23.2 Å². The molecule has 0 saturated carbocycles. The SMILES string of the molecule is CC(=O)Nc1ccc(CN2CCn3c(nnc3-c3ccc(Cl)cc3)C2)cc1. The van der Waals surface area contributed by atoms with E-state index in [1.807, 2.05) is 48.5 Å². The number of carbonyl (C=O) groups excluding carboxylic acids is 1. The first kappa shape index (κ1) is 17.7. The predicted molar refractivity (Wildman–Crippen MR) is 105 cm³/mol. The largest absolute Gasteiger partial charge is 0.326 e. The summed E-state index contributed by atoms with van der Waals surface area (Å²) in [6, 6.07) is 15.7. The van der Waals surface area contributed by atoms with E-state index < -0.39 is 0 Å². The van der Waals surface area contributed by atoms with Crippen LogP contribution in [-0.2, 0) is 24.4 Å². The number of aromatic nitrogens is 3. The van der Waals surface area contributed by atoms with Crippen molar-refractivity contribution < 1.29 is 4.79 Å². The summed E-state index contributed by atoms with van der Waals surface area (Å²) >= 11 is 5.98. The second-order valence-electron chi connectivity index (χ2n) is 6.69. The molecular weight excluding hydrogens is 362 g/mol. The van der Waals surface area contributed by atoms with E-state index in [2.05, 4.69) is 25.0 Å². The number of fused-ring (bicyclic) bond motifs is 1. The Morgan fingerprint density at radius 2 is 1.81 bits per heavy atom. The summed E-state index contributed by atoms with van der Waals surface area (Å²) in [5.74, 6) is 1.80. The van der Waals surface area contributed by atoms with Gasteiger partial charge in [-0.3, -0.25) is 9.69 Å². The summed E-state index contributed by atoms with van der Waals surface area (Å²) in [4.78, 5) is 13.5. The Bertz CT molecular complexity index is 950. The van der Waals surface area contributed by atoms with Crippen molar-refractivity contribution in [2.45, 2.75) is 26.6 Å². The minimum absolute atomic E-state index is 0.0605. The summed E-state index contributed by atoms with van der Waals surface area (Å²) in [6.07, 6.45) is 0. The lowest BCUT2D eigenvalue weighted by Crippen LogP contribution is -2.33. The van der Waals surface area contributed by atoms with Crippen LogP contribution in [0.2, 0.25) is 5.02 Å². The second-order valence-corrected chi connectivity index (χ2v) is 7.12. The molecule has 0 bridgehead atoms. The molecule has 0 aliphatic carbocycles. The Morgan fingerprint density at radius 3 is 2.52 bits per heavy atom. The van der Waals surface area contributed by atoms with Gasteiger partial charge in [0, 0.05) is 42.8 Å². The van der Waals surface area contributed by atoms with Gasteiger partial charge in [-0.05, 0) is 42.0 Å². The fourth-order valence-corrected chi connectivity index (χ4v) is 3.44. The van der Waals surface area contributed by atoms with Crippen LogP contribution < -0.4 is 5.32 Å². The van der Waals surface area contributed by atoms with Crippen LogP contribution >= 0.6 is 11.6 Å². The number of hydrogen-bond donors (Lipinski definition) is 1. The molecule has 4 rings (SSSR count). The normalized spacial score (nSPS) is 14.0. The van der Waals surface area contributed by atoms with Crippen molar-refractivity contribution in [3.63, 3.8) is 0 Å². The molecule has 2 heterocycles. The van der Waals surface area contributed by atoms with Crippen molar-refractivity contribution in [3.05, 3.63) is 64.9 Å². The molecule has 138 valence electrons. The Labute approximate surface area is 162 Å². The number of carbonyl (C=O) groups is 1. The van der Waals surface area contributed by atoms with Crippen LogP contribution in [0.5, 0.6) is 0 Å². The highest BCUT2D eigenvalue weighted by molar-refractivity contribution is 6.30. The molecule has 1 amide bonds. The number of rotatable bonds is 4. The van der Waals surface area contributed by atoms with Gasteiger partial charge in [0.15, 0.2) is 5.82 Å². The molecule has 1 aromatic heterocycles. The van der Waals surface area contributed by atoms with Crippen LogP contribution in [0.25, 0.3) is 11.4 Å². The van der Waals surface area contributed by atoms with Crippen molar-refractivity contribution in [2.24, 2.45) is 0 Å².